The van der Waals surface area contributed by atoms with Crippen molar-refractivity contribution < 1.29 is 9.84 Å². The first-order valence-electron chi connectivity index (χ1n) is 7.93. The number of hydrogen-bond donors (Lipinski definition) is 1. The van der Waals surface area contributed by atoms with Gasteiger partial charge in [-0.1, -0.05) is 6.07 Å². The van der Waals surface area contributed by atoms with Crippen molar-refractivity contribution in [2.75, 3.05) is 27.2 Å². The number of ether oxygens (including phenoxy) is 1. The number of nitrogens with zero attached hydrogens (tertiary/aromatic N) is 2. The van der Waals surface area contributed by atoms with Gasteiger partial charge in [-0.25, -0.2) is 0 Å². The van der Waals surface area contributed by atoms with Crippen LogP contribution in [0.25, 0.3) is 0 Å². The third-order valence-corrected chi connectivity index (χ3v) is 5.41. The Morgan fingerprint density at radius 1 is 1.24 bits per heavy atom. The highest BCUT2D eigenvalue weighted by atomic mass is 16.5. The van der Waals surface area contributed by atoms with Gasteiger partial charge in [0.2, 0.25) is 0 Å². The van der Waals surface area contributed by atoms with Crippen LogP contribution in [-0.2, 0) is 0 Å². The first-order chi connectivity index (χ1) is 10.1. The molecule has 116 valence electrons. The van der Waals surface area contributed by atoms with Crippen molar-refractivity contribution in [2.24, 2.45) is 0 Å². The first-order valence-corrected chi connectivity index (χ1v) is 7.93. The monoisotopic (exact) mass is 290 g/mol. The summed E-state index contributed by atoms with van der Waals surface area (Å²) in [5.74, 6) is 0.774. The van der Waals surface area contributed by atoms with Gasteiger partial charge >= 0.3 is 0 Å². The summed E-state index contributed by atoms with van der Waals surface area (Å²) in [6.07, 6.45) is 3.94. The van der Waals surface area contributed by atoms with Crippen molar-refractivity contribution in [3.63, 3.8) is 0 Å². The van der Waals surface area contributed by atoms with Crippen molar-refractivity contribution in [3.05, 3.63) is 23.8 Å². The predicted octanol–water partition coefficient (Wildman–Crippen LogP) is 2.63. The van der Waals surface area contributed by atoms with Gasteiger partial charge < -0.3 is 9.84 Å². The van der Waals surface area contributed by atoms with E-state index in [1.54, 1.807) is 13.2 Å². The highest BCUT2D eigenvalue weighted by Crippen LogP contribution is 2.34. The Hall–Kier alpha value is -1.26. The number of methoxy groups -OCH3 is 1. The lowest BCUT2D eigenvalue weighted by Gasteiger charge is -2.31. The van der Waals surface area contributed by atoms with E-state index in [1.807, 2.05) is 12.1 Å². The fraction of sp³-hybridized carbons (Fsp3) is 0.647. The minimum Gasteiger partial charge on any atom is -0.504 e. The molecule has 1 aromatic rings. The zero-order valence-corrected chi connectivity index (χ0v) is 13.2. The van der Waals surface area contributed by atoms with Crippen LogP contribution in [0.4, 0.5) is 0 Å². The van der Waals surface area contributed by atoms with E-state index in [1.165, 1.54) is 24.8 Å². The molecular formula is C17H26N2O2. The summed E-state index contributed by atoms with van der Waals surface area (Å²) in [6.45, 7) is 4.54. The van der Waals surface area contributed by atoms with E-state index in [-0.39, 0.29) is 5.75 Å². The standard InChI is InChI=1S/C17H26N2O2/c1-12(13-4-7-16(20)17(10-13)21-3)19-9-8-14-5-6-15(11-19)18(14)2/h4,7,10,12,14-15,20H,5-6,8-9,11H2,1-3H3. The maximum absolute atomic E-state index is 9.75. The second kappa shape index (κ2) is 5.85. The minimum atomic E-state index is 0.211. The number of rotatable bonds is 3. The van der Waals surface area contributed by atoms with Gasteiger partial charge in [-0.05, 0) is 50.9 Å². The Kier molecular flexibility index (Phi) is 4.09. The molecule has 2 heterocycles. The van der Waals surface area contributed by atoms with Gasteiger partial charge in [0.1, 0.15) is 0 Å². The molecule has 0 saturated carbocycles. The van der Waals surface area contributed by atoms with Gasteiger partial charge in [-0.2, -0.15) is 0 Å². The number of phenols is 1. The smallest absolute Gasteiger partial charge is 0.160 e. The Balaban J connectivity index is 1.77. The molecule has 3 atom stereocenters. The molecule has 0 spiro atoms. The molecule has 3 rings (SSSR count). The molecule has 0 aliphatic carbocycles. The van der Waals surface area contributed by atoms with Crippen molar-refractivity contribution >= 4 is 0 Å². The maximum Gasteiger partial charge on any atom is 0.160 e. The second-order valence-corrected chi connectivity index (χ2v) is 6.44. The van der Waals surface area contributed by atoms with Crippen molar-refractivity contribution in [1.29, 1.82) is 0 Å². The number of aromatic hydroxyl groups is 1. The normalized spacial score (nSPS) is 28.3. The van der Waals surface area contributed by atoms with Gasteiger partial charge in [0.25, 0.3) is 0 Å². The Bertz CT molecular complexity index is 506. The summed E-state index contributed by atoms with van der Waals surface area (Å²) < 4.78 is 5.24. The molecule has 0 amide bonds. The van der Waals surface area contributed by atoms with Gasteiger partial charge in [-0.3, -0.25) is 9.80 Å². The zero-order valence-electron chi connectivity index (χ0n) is 13.2. The van der Waals surface area contributed by atoms with E-state index in [2.05, 4.69) is 23.8 Å². The maximum atomic E-state index is 9.75. The van der Waals surface area contributed by atoms with Gasteiger partial charge in [0.15, 0.2) is 11.5 Å². The number of likely N-dealkylation sites (tertiary alicyclic amines) is 1. The fourth-order valence-electron chi connectivity index (χ4n) is 3.85. The number of likely N-dealkylation sites (N-methyl/N-ethyl adjacent to an activating group) is 1. The number of fused-ring (bicyclic) bond motifs is 2. The minimum absolute atomic E-state index is 0.211. The van der Waals surface area contributed by atoms with Gasteiger partial charge in [0, 0.05) is 31.2 Å². The van der Waals surface area contributed by atoms with Crippen LogP contribution in [0.2, 0.25) is 0 Å². The van der Waals surface area contributed by atoms with Gasteiger partial charge in [-0.15, -0.1) is 0 Å². The van der Waals surface area contributed by atoms with Crippen LogP contribution >= 0.6 is 0 Å². The summed E-state index contributed by atoms with van der Waals surface area (Å²) in [5.41, 5.74) is 1.21. The number of phenolic OH excluding ortho intramolecular Hbond substituents is 1. The van der Waals surface area contributed by atoms with Crippen LogP contribution in [0.3, 0.4) is 0 Å². The largest absolute Gasteiger partial charge is 0.504 e. The molecule has 2 aliphatic rings. The third-order valence-electron chi connectivity index (χ3n) is 5.41. The van der Waals surface area contributed by atoms with E-state index in [0.717, 1.165) is 19.1 Å². The number of hydrogen-bond acceptors (Lipinski definition) is 4. The molecule has 2 fully saturated rings. The molecule has 2 bridgehead atoms. The lowest BCUT2D eigenvalue weighted by molar-refractivity contribution is 0.181. The summed E-state index contributed by atoms with van der Waals surface area (Å²) in [6, 6.07) is 7.52. The van der Waals surface area contributed by atoms with Crippen LogP contribution in [0.5, 0.6) is 11.5 Å². The molecule has 0 aromatic heterocycles. The average molecular weight is 290 g/mol. The van der Waals surface area contributed by atoms with Crippen molar-refractivity contribution in [1.82, 2.24) is 9.80 Å². The highest BCUT2D eigenvalue weighted by Gasteiger charge is 2.35. The summed E-state index contributed by atoms with van der Waals surface area (Å²) in [5, 5.41) is 9.75. The Morgan fingerprint density at radius 2 is 2.00 bits per heavy atom. The summed E-state index contributed by atoms with van der Waals surface area (Å²) in [4.78, 5) is 5.15. The molecule has 3 unspecified atom stereocenters. The second-order valence-electron chi connectivity index (χ2n) is 6.44. The molecule has 0 radical (unpaired) electrons. The third kappa shape index (κ3) is 2.74. The van der Waals surface area contributed by atoms with Gasteiger partial charge in [0.05, 0.1) is 7.11 Å². The summed E-state index contributed by atoms with van der Waals surface area (Å²) >= 11 is 0. The molecule has 4 heteroatoms. The van der Waals surface area contributed by atoms with Crippen LogP contribution in [0.1, 0.15) is 37.8 Å². The fourth-order valence-corrected chi connectivity index (χ4v) is 3.85. The Morgan fingerprint density at radius 3 is 2.76 bits per heavy atom. The van der Waals surface area contributed by atoms with E-state index < -0.39 is 0 Å². The van der Waals surface area contributed by atoms with E-state index >= 15 is 0 Å². The molecule has 4 nitrogen and oxygen atoms in total. The molecule has 1 aromatic carbocycles. The van der Waals surface area contributed by atoms with Crippen LogP contribution in [-0.4, -0.2) is 54.2 Å². The topological polar surface area (TPSA) is 35.9 Å². The quantitative estimate of drug-likeness (QED) is 0.928. The van der Waals surface area contributed by atoms with E-state index in [9.17, 15) is 5.11 Å². The molecule has 2 saturated heterocycles. The zero-order chi connectivity index (χ0) is 15.0. The number of benzene rings is 1. The highest BCUT2D eigenvalue weighted by molar-refractivity contribution is 5.42. The average Bonchev–Trinajstić information content (AvgIpc) is 2.72. The lowest BCUT2D eigenvalue weighted by Crippen LogP contribution is -2.37. The molecule has 1 N–H and O–H groups in total. The van der Waals surface area contributed by atoms with Crippen molar-refractivity contribution in [2.45, 2.75) is 44.3 Å². The molecule has 2 aliphatic heterocycles. The van der Waals surface area contributed by atoms with E-state index in [0.29, 0.717) is 17.8 Å². The predicted molar refractivity (Wildman–Crippen MR) is 83.8 cm³/mol. The SMILES string of the molecule is COc1cc(C(C)N2CCC3CCC(C2)N3C)ccc1O. The first kappa shape index (κ1) is 14.7. The molecule has 21 heavy (non-hydrogen) atoms. The van der Waals surface area contributed by atoms with Crippen molar-refractivity contribution in [3.8, 4) is 11.5 Å². The van der Waals surface area contributed by atoms with Crippen LogP contribution in [0, 0.1) is 0 Å². The molecular weight excluding hydrogens is 264 g/mol. The lowest BCUT2D eigenvalue weighted by atomic mass is 10.0. The Labute approximate surface area is 127 Å². The van der Waals surface area contributed by atoms with E-state index in [4.69, 9.17) is 4.74 Å². The summed E-state index contributed by atoms with van der Waals surface area (Å²) in [7, 11) is 3.88. The van der Waals surface area contributed by atoms with Crippen LogP contribution in [0.15, 0.2) is 18.2 Å². The van der Waals surface area contributed by atoms with Crippen LogP contribution < -0.4 is 4.74 Å².